The number of rotatable bonds is 8. The summed E-state index contributed by atoms with van der Waals surface area (Å²) < 4.78 is 10.1. The zero-order chi connectivity index (χ0) is 8.36. The maximum absolute atomic E-state index is 9.79. The van der Waals surface area contributed by atoms with Crippen LogP contribution in [0.15, 0.2) is 0 Å². The van der Waals surface area contributed by atoms with E-state index in [0.29, 0.717) is 6.61 Å². The van der Waals surface area contributed by atoms with Gasteiger partial charge in [0.25, 0.3) is 0 Å². The number of carbonyl (C=O) groups excluding carboxylic acids is 1. The zero-order valence-electron chi connectivity index (χ0n) is 7.04. The first kappa shape index (κ1) is 10.6. The van der Waals surface area contributed by atoms with Crippen LogP contribution in [0.3, 0.4) is 0 Å². The molecule has 0 radical (unpaired) electrons. The fourth-order valence-corrected chi connectivity index (χ4v) is 0.684. The van der Waals surface area contributed by atoms with Crippen molar-refractivity contribution in [2.75, 3.05) is 26.4 Å². The number of hydrogen-bond donors (Lipinski definition) is 0. The molecule has 0 saturated heterocycles. The Kier molecular flexibility index (Phi) is 9.23. The highest BCUT2D eigenvalue weighted by Gasteiger charge is 1.88. The lowest BCUT2D eigenvalue weighted by Crippen LogP contribution is -2.00. The minimum absolute atomic E-state index is 0.217. The van der Waals surface area contributed by atoms with Crippen molar-refractivity contribution in [1.29, 1.82) is 0 Å². The second-order valence-electron chi connectivity index (χ2n) is 2.15. The summed E-state index contributed by atoms with van der Waals surface area (Å²) in [7, 11) is 0. The smallest absolute Gasteiger partial charge is 0.145 e. The van der Waals surface area contributed by atoms with Crippen molar-refractivity contribution in [2.45, 2.75) is 19.8 Å². The van der Waals surface area contributed by atoms with E-state index in [1.807, 2.05) is 6.92 Å². The third-order valence-electron chi connectivity index (χ3n) is 1.22. The van der Waals surface area contributed by atoms with Gasteiger partial charge in [-0.1, -0.05) is 0 Å². The summed E-state index contributed by atoms with van der Waals surface area (Å²) >= 11 is 0. The molecule has 0 aliphatic heterocycles. The Morgan fingerprint density at radius 2 is 1.82 bits per heavy atom. The molecule has 3 heteroatoms. The average Bonchev–Trinajstić information content (AvgIpc) is 2.03. The molecule has 0 amide bonds. The van der Waals surface area contributed by atoms with E-state index in [1.165, 1.54) is 0 Å². The molecule has 0 N–H and O–H groups in total. The van der Waals surface area contributed by atoms with Gasteiger partial charge in [0.2, 0.25) is 0 Å². The quantitative estimate of drug-likeness (QED) is 0.393. The number of ether oxygens (including phenoxy) is 2. The van der Waals surface area contributed by atoms with Crippen LogP contribution in [0.2, 0.25) is 0 Å². The van der Waals surface area contributed by atoms with Crippen LogP contribution in [0.25, 0.3) is 0 Å². The second kappa shape index (κ2) is 9.59. The summed E-state index contributed by atoms with van der Waals surface area (Å²) in [6.07, 6.45) is 2.74. The van der Waals surface area contributed by atoms with Gasteiger partial charge in [-0.2, -0.15) is 0 Å². The minimum Gasteiger partial charge on any atom is -0.382 e. The summed E-state index contributed by atoms with van der Waals surface area (Å²) in [6, 6.07) is 0. The maximum atomic E-state index is 9.79. The Morgan fingerprint density at radius 3 is 2.36 bits per heavy atom. The molecule has 0 atom stereocenters. The van der Waals surface area contributed by atoms with E-state index in [0.717, 1.165) is 32.3 Å². The first-order valence-electron chi connectivity index (χ1n) is 4.01. The third kappa shape index (κ3) is 9.59. The van der Waals surface area contributed by atoms with E-state index in [1.54, 1.807) is 0 Å². The Labute approximate surface area is 67.7 Å². The lowest BCUT2D eigenvalue weighted by molar-refractivity contribution is -0.111. The van der Waals surface area contributed by atoms with Gasteiger partial charge in [-0.05, 0) is 19.8 Å². The molecule has 3 nitrogen and oxygen atoms in total. The molecule has 0 unspecified atom stereocenters. The van der Waals surface area contributed by atoms with Gasteiger partial charge in [0, 0.05) is 19.8 Å². The Balaban J connectivity index is 2.74. The first-order chi connectivity index (χ1) is 5.41. The summed E-state index contributed by atoms with van der Waals surface area (Å²) in [5.74, 6) is 0. The molecule has 0 spiro atoms. The van der Waals surface area contributed by atoms with E-state index in [2.05, 4.69) is 0 Å². The van der Waals surface area contributed by atoms with Crippen molar-refractivity contribution < 1.29 is 14.3 Å². The molecule has 0 aliphatic rings. The summed E-state index contributed by atoms with van der Waals surface area (Å²) in [6.45, 7) is 4.42. The van der Waals surface area contributed by atoms with E-state index >= 15 is 0 Å². The molecule has 0 saturated carbocycles. The number of unbranched alkanes of at least 4 members (excludes halogenated alkanes) is 1. The highest BCUT2D eigenvalue weighted by Crippen LogP contribution is 1.90. The number of hydrogen-bond acceptors (Lipinski definition) is 3. The van der Waals surface area contributed by atoms with E-state index < -0.39 is 0 Å². The van der Waals surface area contributed by atoms with Gasteiger partial charge in [0.15, 0.2) is 0 Å². The van der Waals surface area contributed by atoms with Crippen LogP contribution in [-0.2, 0) is 14.3 Å². The molecule has 0 aromatic carbocycles. The highest BCUT2D eigenvalue weighted by molar-refractivity contribution is 5.50. The average molecular weight is 160 g/mol. The Hall–Kier alpha value is -0.410. The molecule has 0 aromatic heterocycles. The van der Waals surface area contributed by atoms with E-state index in [4.69, 9.17) is 9.47 Å². The van der Waals surface area contributed by atoms with Gasteiger partial charge in [-0.25, -0.2) is 0 Å². The lowest BCUT2D eigenvalue weighted by atomic mass is 10.3. The van der Waals surface area contributed by atoms with Crippen molar-refractivity contribution in [3.63, 3.8) is 0 Å². The molecule has 0 heterocycles. The van der Waals surface area contributed by atoms with Crippen molar-refractivity contribution in [3.05, 3.63) is 0 Å². The summed E-state index contributed by atoms with van der Waals surface area (Å²) in [5, 5.41) is 0. The third-order valence-corrected chi connectivity index (χ3v) is 1.22. The van der Waals surface area contributed by atoms with Gasteiger partial charge < -0.3 is 14.3 Å². The van der Waals surface area contributed by atoms with E-state index in [9.17, 15) is 4.79 Å². The largest absolute Gasteiger partial charge is 0.382 e. The van der Waals surface area contributed by atoms with Gasteiger partial charge in [-0.3, -0.25) is 0 Å². The normalized spacial score (nSPS) is 9.91. The van der Waals surface area contributed by atoms with Crippen LogP contribution in [0, 0.1) is 0 Å². The monoisotopic (exact) mass is 160 g/mol. The summed E-state index contributed by atoms with van der Waals surface area (Å²) in [5.41, 5.74) is 0. The maximum Gasteiger partial charge on any atom is 0.145 e. The Bertz CT molecular complexity index is 83.4. The summed E-state index contributed by atoms with van der Waals surface area (Å²) in [4.78, 5) is 9.79. The van der Waals surface area contributed by atoms with E-state index in [-0.39, 0.29) is 6.61 Å². The van der Waals surface area contributed by atoms with Crippen molar-refractivity contribution in [2.24, 2.45) is 0 Å². The number of aldehydes is 1. The first-order valence-corrected chi connectivity index (χ1v) is 4.01. The molecule has 0 rings (SSSR count). The van der Waals surface area contributed by atoms with Crippen LogP contribution >= 0.6 is 0 Å². The predicted molar refractivity (Wildman–Crippen MR) is 42.6 cm³/mol. The zero-order valence-corrected chi connectivity index (χ0v) is 7.04. The van der Waals surface area contributed by atoms with Crippen LogP contribution in [0.1, 0.15) is 19.8 Å². The van der Waals surface area contributed by atoms with Crippen LogP contribution in [0.5, 0.6) is 0 Å². The molecule has 0 aliphatic carbocycles. The lowest BCUT2D eigenvalue weighted by Gasteiger charge is -2.00. The minimum atomic E-state index is 0.217. The molecule has 66 valence electrons. The molecule has 0 aromatic rings. The van der Waals surface area contributed by atoms with Crippen LogP contribution < -0.4 is 0 Å². The number of carbonyl (C=O) groups is 1. The highest BCUT2D eigenvalue weighted by atomic mass is 16.5. The molecule has 0 fully saturated rings. The second-order valence-corrected chi connectivity index (χ2v) is 2.15. The van der Waals surface area contributed by atoms with Crippen LogP contribution in [0.4, 0.5) is 0 Å². The van der Waals surface area contributed by atoms with Crippen molar-refractivity contribution in [3.8, 4) is 0 Å². The van der Waals surface area contributed by atoms with Crippen molar-refractivity contribution >= 4 is 6.29 Å². The van der Waals surface area contributed by atoms with Gasteiger partial charge in [0.1, 0.15) is 12.9 Å². The fraction of sp³-hybridized carbons (Fsp3) is 0.875. The topological polar surface area (TPSA) is 35.5 Å². The fourth-order valence-electron chi connectivity index (χ4n) is 0.684. The molecule has 11 heavy (non-hydrogen) atoms. The molecule has 0 bridgehead atoms. The Morgan fingerprint density at radius 1 is 1.18 bits per heavy atom. The van der Waals surface area contributed by atoms with Gasteiger partial charge >= 0.3 is 0 Å². The van der Waals surface area contributed by atoms with Gasteiger partial charge in [-0.15, -0.1) is 0 Å². The van der Waals surface area contributed by atoms with Crippen LogP contribution in [-0.4, -0.2) is 32.7 Å². The SMILES string of the molecule is CCOCCCCOCC=O. The predicted octanol–water partition coefficient (Wildman–Crippen LogP) is 1.02. The van der Waals surface area contributed by atoms with Gasteiger partial charge in [0.05, 0.1) is 0 Å². The van der Waals surface area contributed by atoms with Crippen molar-refractivity contribution in [1.82, 2.24) is 0 Å². The molecular weight excluding hydrogens is 144 g/mol. The molecular formula is C8H16O3. The standard InChI is InChI=1S/C8H16O3/c1-2-10-6-3-4-7-11-8-5-9/h5H,2-4,6-8H2,1H3.